The first-order valence-electron chi connectivity index (χ1n) is 2.76. The fourth-order valence-electron chi connectivity index (χ4n) is 0.830. The van der Waals surface area contributed by atoms with Crippen molar-refractivity contribution in [1.29, 1.82) is 0 Å². The van der Waals surface area contributed by atoms with Crippen molar-refractivity contribution in [2.45, 2.75) is 0 Å². The molecule has 0 radical (unpaired) electrons. The first-order valence-corrected chi connectivity index (χ1v) is 2.76. The monoisotopic (exact) mass is 202 g/mol. The van der Waals surface area contributed by atoms with Crippen LogP contribution in [-0.4, -0.2) is 9.97 Å². The van der Waals surface area contributed by atoms with Gasteiger partial charge in [-0.1, -0.05) is 6.20 Å². The zero-order valence-electron chi connectivity index (χ0n) is 5.76. The molecule has 0 saturated heterocycles. The van der Waals surface area contributed by atoms with Crippen LogP contribution in [0, 0.1) is 6.07 Å². The number of aromatic nitrogens is 2. The molecule has 44 valence electrons. The summed E-state index contributed by atoms with van der Waals surface area (Å²) >= 11 is 0. The van der Waals surface area contributed by atoms with Gasteiger partial charge in [0.2, 0.25) is 0 Å². The fraction of sp³-hybridized carbons (Fsp3) is 0. The Kier molecular flexibility index (Phi) is 3.23. The topological polar surface area (TPSA) is 28.7 Å². The maximum atomic E-state index is 4.03. The van der Waals surface area contributed by atoms with Crippen molar-refractivity contribution in [3.05, 3.63) is 30.6 Å². The zero-order chi connectivity index (χ0) is 6.10. The van der Waals surface area contributed by atoms with Gasteiger partial charge in [-0.25, -0.2) is 12.1 Å². The molecule has 0 unspecified atom stereocenters. The maximum Gasteiger partial charge on any atom is 1.00 e. The summed E-state index contributed by atoms with van der Waals surface area (Å²) in [6, 6.07) is 6.76. The normalized spacial score (nSPS) is 9.20. The molecule has 0 aliphatic heterocycles. The number of nitrogens with one attached hydrogen (secondary N) is 1. The van der Waals surface area contributed by atoms with E-state index < -0.39 is 0 Å². The van der Waals surface area contributed by atoms with Crippen molar-refractivity contribution in [2.24, 2.45) is 0 Å². The predicted molar refractivity (Wildman–Crippen MR) is 34.9 cm³/mol. The van der Waals surface area contributed by atoms with Crippen LogP contribution in [-0.2, 0) is 0 Å². The maximum absolute atomic E-state index is 4.03. The summed E-state index contributed by atoms with van der Waals surface area (Å²) in [7, 11) is 0. The quantitative estimate of drug-likeness (QED) is 0.511. The molecule has 0 saturated carbocycles. The molecule has 10 heavy (non-hydrogen) atoms. The van der Waals surface area contributed by atoms with Gasteiger partial charge in [-0.05, 0) is 6.20 Å². The zero-order valence-corrected chi connectivity index (χ0v) is 10.7. The molecule has 0 aromatic carbocycles. The summed E-state index contributed by atoms with van der Waals surface area (Å²) in [4.78, 5) is 7.02. The molecule has 0 spiro atoms. The minimum atomic E-state index is 0. The van der Waals surface area contributed by atoms with Crippen LogP contribution >= 0.6 is 0 Å². The molecule has 0 bridgehead atoms. The van der Waals surface area contributed by atoms with Crippen LogP contribution in [0.4, 0.5) is 0 Å². The molecule has 2 aromatic heterocycles. The van der Waals surface area contributed by atoms with Crippen LogP contribution < -0.4 is 58.2 Å². The van der Waals surface area contributed by atoms with Gasteiger partial charge >= 0.3 is 58.2 Å². The molecule has 1 N–H and O–H groups in total. The molecule has 2 rings (SSSR count). The van der Waals surface area contributed by atoms with E-state index in [0.717, 1.165) is 11.0 Å². The van der Waals surface area contributed by atoms with E-state index in [1.54, 1.807) is 6.20 Å². The average Bonchev–Trinajstić information content (AvgIpc) is 2.33. The molecule has 2 aromatic rings. The van der Waals surface area contributed by atoms with E-state index in [0.29, 0.717) is 0 Å². The van der Waals surface area contributed by atoms with Crippen molar-refractivity contribution in [3.8, 4) is 0 Å². The summed E-state index contributed by atoms with van der Waals surface area (Å²) in [6.45, 7) is 0. The Hall–Kier alpha value is 0.495. The van der Waals surface area contributed by atoms with E-state index in [-0.39, 0.29) is 58.2 Å². The summed E-state index contributed by atoms with van der Waals surface area (Å²) in [6.07, 6.45) is 3.52. The van der Waals surface area contributed by atoms with Gasteiger partial charge in [0.15, 0.2) is 0 Å². The molecule has 0 amide bonds. The Morgan fingerprint density at radius 1 is 1.50 bits per heavy atom. The molecule has 0 aliphatic rings. The number of rotatable bonds is 0. The molecule has 3 heteroatoms. The number of aromatic amines is 1. The molecule has 0 aliphatic carbocycles. The van der Waals surface area contributed by atoms with Crippen LogP contribution in [0.15, 0.2) is 24.5 Å². The van der Waals surface area contributed by atoms with E-state index in [9.17, 15) is 0 Å². The second kappa shape index (κ2) is 3.76. The van der Waals surface area contributed by atoms with Gasteiger partial charge in [-0.2, -0.15) is 0 Å². The third-order valence-corrected chi connectivity index (χ3v) is 1.26. The number of pyridine rings is 1. The van der Waals surface area contributed by atoms with Crippen molar-refractivity contribution >= 4 is 11.0 Å². The van der Waals surface area contributed by atoms with Gasteiger partial charge in [0.25, 0.3) is 0 Å². The van der Waals surface area contributed by atoms with E-state index in [1.807, 2.05) is 18.3 Å². The third-order valence-electron chi connectivity index (χ3n) is 1.26. The van der Waals surface area contributed by atoms with Crippen LogP contribution in [0.5, 0.6) is 0 Å². The van der Waals surface area contributed by atoms with Crippen LogP contribution in [0.1, 0.15) is 0 Å². The Bertz CT molecular complexity index is 286. The van der Waals surface area contributed by atoms with Crippen molar-refractivity contribution < 1.29 is 58.2 Å². The second-order valence-corrected chi connectivity index (χ2v) is 1.85. The summed E-state index contributed by atoms with van der Waals surface area (Å²) in [5.41, 5.74) is 0.925. The van der Waals surface area contributed by atoms with Gasteiger partial charge in [0.05, 0.1) is 5.65 Å². The predicted octanol–water partition coefficient (Wildman–Crippen LogP) is -1.63. The van der Waals surface area contributed by atoms with Gasteiger partial charge in [0.1, 0.15) is 0 Å². The Morgan fingerprint density at radius 3 is 3.20 bits per heavy atom. The molecular weight excluding hydrogens is 198 g/mol. The largest absolute Gasteiger partial charge is 1.00 e. The van der Waals surface area contributed by atoms with Gasteiger partial charge in [0, 0.05) is 0 Å². The van der Waals surface area contributed by atoms with Crippen LogP contribution in [0.3, 0.4) is 0 Å². The minimum absolute atomic E-state index is 0. The van der Waals surface area contributed by atoms with E-state index in [2.05, 4.69) is 16.0 Å². The standard InChI is InChI=1S/C7H5N2.Rb/c1-2-6-3-5-9-7(6)8-4-1;/h2-5H,(H,8,9);/q-1;+1. The number of H-pyrrole nitrogens is 1. The summed E-state index contributed by atoms with van der Waals surface area (Å²) < 4.78 is 0. The average molecular weight is 203 g/mol. The van der Waals surface area contributed by atoms with Crippen LogP contribution in [0.25, 0.3) is 11.0 Å². The molecule has 0 fully saturated rings. The van der Waals surface area contributed by atoms with Crippen molar-refractivity contribution in [1.82, 2.24) is 9.97 Å². The number of hydrogen-bond donors (Lipinski definition) is 1. The van der Waals surface area contributed by atoms with E-state index >= 15 is 0 Å². The second-order valence-electron chi connectivity index (χ2n) is 1.85. The Balaban J connectivity index is 0.000000500. The van der Waals surface area contributed by atoms with Crippen LogP contribution in [0.2, 0.25) is 0 Å². The molecular formula is C7H5N2Rb. The summed E-state index contributed by atoms with van der Waals surface area (Å²) in [5, 5.41) is 1.11. The fourth-order valence-corrected chi connectivity index (χ4v) is 0.830. The minimum Gasteiger partial charge on any atom is -0.363 e. The van der Waals surface area contributed by atoms with Gasteiger partial charge < -0.3 is 4.98 Å². The van der Waals surface area contributed by atoms with Gasteiger partial charge in [-0.15, -0.1) is 11.5 Å². The van der Waals surface area contributed by atoms with Gasteiger partial charge in [-0.3, -0.25) is 4.98 Å². The Labute approximate surface area is 108 Å². The number of fused-ring (bicyclic) bond motifs is 1. The molecule has 0 atom stereocenters. The smallest absolute Gasteiger partial charge is 0.363 e. The Morgan fingerprint density at radius 2 is 2.40 bits per heavy atom. The third kappa shape index (κ3) is 1.56. The SMILES string of the molecule is [Rb+].[c-]1cnc2[nH]ccc2c1. The van der Waals surface area contributed by atoms with E-state index in [1.165, 1.54) is 0 Å². The molecule has 2 nitrogen and oxygen atoms in total. The number of nitrogens with zero attached hydrogens (tertiary/aromatic N) is 1. The first kappa shape index (κ1) is 8.59. The first-order chi connectivity index (χ1) is 4.47. The van der Waals surface area contributed by atoms with Crippen molar-refractivity contribution in [2.75, 3.05) is 0 Å². The molecule has 2 heterocycles. The summed E-state index contributed by atoms with van der Waals surface area (Å²) in [5.74, 6) is 0. The van der Waals surface area contributed by atoms with E-state index in [4.69, 9.17) is 0 Å². The number of hydrogen-bond acceptors (Lipinski definition) is 1. The van der Waals surface area contributed by atoms with Crippen molar-refractivity contribution in [3.63, 3.8) is 0 Å².